The summed E-state index contributed by atoms with van der Waals surface area (Å²) < 4.78 is 39.0. The SMILES string of the molecule is COC1CN(C(=O)NS2(=O)=NC(=O)c3ccc4c(c3)N(Cc3ccc([ClH+])cc3CCCCO4)C[C@@H]3CC[C@H]3[C@@H](OC)/C=C/C[C@H](C)C2)C1. The number of hydrogen-bond acceptors (Lipinski definition) is 7. The average molecular weight is 700 g/mol. The molecule has 5 atom stereocenters. The van der Waals surface area contributed by atoms with Crippen molar-refractivity contribution in [3.05, 3.63) is 70.3 Å². The van der Waals surface area contributed by atoms with Gasteiger partial charge in [0.1, 0.15) is 15.7 Å². The molecule has 1 saturated carbocycles. The number of fused-ring (bicyclic) bond motifs is 3. The molecule has 2 bridgehead atoms. The quantitative estimate of drug-likeness (QED) is 0.433. The molecular weight excluding hydrogens is 652 g/mol. The molecular formula is C36H48ClN4O6S+. The van der Waals surface area contributed by atoms with Crippen LogP contribution in [0, 0.1) is 29.4 Å². The number of carbonyl (C=O) groups excluding carboxylic acids is 2. The minimum atomic E-state index is -3.47. The number of allylic oxidation sites excluding steroid dienone is 1. The lowest BCUT2D eigenvalue weighted by Gasteiger charge is -2.43. The van der Waals surface area contributed by atoms with Crippen molar-refractivity contribution in [3.8, 4) is 5.75 Å². The van der Waals surface area contributed by atoms with E-state index in [4.69, 9.17) is 25.8 Å². The first-order valence-corrected chi connectivity index (χ1v) is 19.1. The van der Waals surface area contributed by atoms with Gasteiger partial charge in [-0.25, -0.2) is 9.00 Å². The van der Waals surface area contributed by atoms with Crippen LogP contribution < -0.4 is 14.4 Å². The van der Waals surface area contributed by atoms with E-state index in [9.17, 15) is 13.8 Å². The highest BCUT2D eigenvalue weighted by Crippen LogP contribution is 2.42. The predicted octanol–water partition coefficient (Wildman–Crippen LogP) is 5.31. The average Bonchev–Trinajstić information content (AvgIpc) is 3.04. The van der Waals surface area contributed by atoms with Gasteiger partial charge in [0.2, 0.25) is 5.02 Å². The molecule has 12 heteroatoms. The van der Waals surface area contributed by atoms with Crippen LogP contribution in [0.15, 0.2) is 52.9 Å². The third kappa shape index (κ3) is 8.01. The van der Waals surface area contributed by atoms with Gasteiger partial charge < -0.3 is 24.0 Å². The van der Waals surface area contributed by atoms with Gasteiger partial charge in [0.15, 0.2) is 11.6 Å². The molecule has 0 aromatic heterocycles. The molecule has 48 heavy (non-hydrogen) atoms. The Bertz CT molecular complexity index is 1650. The lowest BCUT2D eigenvalue weighted by atomic mass is 9.70. The fourth-order valence-corrected chi connectivity index (χ4v) is 9.23. The number of aryl methyl sites for hydroxylation is 1. The molecule has 1 aliphatic carbocycles. The number of benzene rings is 2. The van der Waals surface area contributed by atoms with Crippen LogP contribution in [0.5, 0.6) is 5.75 Å². The molecule has 2 aromatic carbocycles. The van der Waals surface area contributed by atoms with Crippen LogP contribution in [0.4, 0.5) is 10.5 Å². The fraction of sp³-hybridized carbons (Fsp3) is 0.556. The maximum atomic E-state index is 14.4. The Morgan fingerprint density at radius 1 is 1.06 bits per heavy atom. The number of anilines is 1. The number of rotatable bonds is 3. The Labute approximate surface area is 289 Å². The molecule has 1 N–H and O–H groups in total. The molecule has 1 saturated heterocycles. The van der Waals surface area contributed by atoms with Crippen LogP contribution in [0.1, 0.15) is 60.5 Å². The van der Waals surface area contributed by atoms with E-state index in [2.05, 4.69) is 38.3 Å². The van der Waals surface area contributed by atoms with E-state index in [1.807, 2.05) is 25.1 Å². The fourth-order valence-electron chi connectivity index (χ4n) is 7.14. The third-order valence-corrected chi connectivity index (χ3v) is 12.4. The van der Waals surface area contributed by atoms with Crippen molar-refractivity contribution in [1.29, 1.82) is 0 Å². The van der Waals surface area contributed by atoms with Crippen molar-refractivity contribution in [3.63, 3.8) is 0 Å². The second kappa shape index (κ2) is 15.2. The summed E-state index contributed by atoms with van der Waals surface area (Å²) in [4.78, 5) is 30.9. The number of ether oxygens (including phenoxy) is 3. The Hall–Kier alpha value is -3.12. The third-order valence-electron chi connectivity index (χ3n) is 10.1. The topological polar surface area (TPSA) is 110 Å². The van der Waals surface area contributed by atoms with Crippen molar-refractivity contribution < 1.29 is 39.6 Å². The summed E-state index contributed by atoms with van der Waals surface area (Å²) in [5.41, 5.74) is 3.53. The Morgan fingerprint density at radius 2 is 1.90 bits per heavy atom. The summed E-state index contributed by atoms with van der Waals surface area (Å²) in [6.45, 7) is 4.65. The molecule has 0 radical (unpaired) electrons. The molecule has 4 aliphatic rings. The zero-order valence-electron chi connectivity index (χ0n) is 28.1. The van der Waals surface area contributed by atoms with E-state index >= 15 is 0 Å². The number of amides is 3. The van der Waals surface area contributed by atoms with Gasteiger partial charge in [0.25, 0.3) is 5.91 Å². The number of methoxy groups -OCH3 is 2. The van der Waals surface area contributed by atoms with Crippen LogP contribution in [0.25, 0.3) is 0 Å². The second-order valence-corrected chi connectivity index (χ2v) is 16.1. The van der Waals surface area contributed by atoms with E-state index in [0.29, 0.717) is 55.8 Å². The van der Waals surface area contributed by atoms with Crippen molar-refractivity contribution in [2.75, 3.05) is 51.1 Å². The first-order chi connectivity index (χ1) is 23.1. The van der Waals surface area contributed by atoms with Crippen LogP contribution in [-0.2, 0) is 32.4 Å². The highest BCUT2D eigenvalue weighted by Gasteiger charge is 2.38. The van der Waals surface area contributed by atoms with E-state index in [0.717, 1.165) is 49.4 Å². The molecule has 2 aromatic rings. The Morgan fingerprint density at radius 3 is 2.65 bits per heavy atom. The molecule has 2 fully saturated rings. The zero-order chi connectivity index (χ0) is 33.8. The summed E-state index contributed by atoms with van der Waals surface area (Å²) >= 11 is 5.54. The van der Waals surface area contributed by atoms with Crippen molar-refractivity contribution in [2.24, 2.45) is 22.1 Å². The van der Waals surface area contributed by atoms with Crippen molar-refractivity contribution in [2.45, 2.75) is 64.2 Å². The lowest BCUT2D eigenvalue weighted by Crippen LogP contribution is -2.58. The largest absolute Gasteiger partial charge is 0.491 e. The van der Waals surface area contributed by atoms with E-state index in [-0.39, 0.29) is 23.9 Å². The Balaban J connectivity index is 1.42. The van der Waals surface area contributed by atoms with Gasteiger partial charge in [-0.1, -0.05) is 25.1 Å². The smallest absolute Gasteiger partial charge is 0.330 e. The number of nitrogens with one attached hydrogen (secondary N) is 1. The van der Waals surface area contributed by atoms with E-state index < -0.39 is 21.9 Å². The lowest BCUT2D eigenvalue weighted by molar-refractivity contribution is -0.289. The van der Waals surface area contributed by atoms with Gasteiger partial charge in [-0.2, -0.15) is 0 Å². The minimum Gasteiger partial charge on any atom is -0.491 e. The van der Waals surface area contributed by atoms with Gasteiger partial charge in [-0.15, -0.1) is 4.36 Å². The summed E-state index contributed by atoms with van der Waals surface area (Å²) in [5.74, 6) is 0.681. The molecule has 3 aliphatic heterocycles. The molecule has 260 valence electrons. The van der Waals surface area contributed by atoms with Gasteiger partial charge >= 0.3 is 6.03 Å². The molecule has 1 unspecified atom stereocenters. The van der Waals surface area contributed by atoms with Crippen molar-refractivity contribution in [1.82, 2.24) is 9.62 Å². The summed E-state index contributed by atoms with van der Waals surface area (Å²) in [5, 5.41) is 0.828. The second-order valence-electron chi connectivity index (χ2n) is 13.6. The van der Waals surface area contributed by atoms with Crippen LogP contribution in [0.2, 0.25) is 5.02 Å². The number of carbonyl (C=O) groups is 2. The van der Waals surface area contributed by atoms with Crippen LogP contribution >= 0.6 is 0 Å². The normalized spacial score (nSPS) is 29.0. The Kier molecular flexibility index (Phi) is 11.0. The molecule has 3 amide bonds. The number of urea groups is 1. The van der Waals surface area contributed by atoms with Gasteiger partial charge in [0, 0.05) is 45.0 Å². The molecule has 6 rings (SSSR count). The highest BCUT2D eigenvalue weighted by molar-refractivity contribution is 7.92. The molecule has 10 nitrogen and oxygen atoms in total. The standard InChI is InChI=1S/C36H47ClN4O6S/c1-24-7-6-9-33(46-3)31-14-11-28(31)20-40-19-27-10-13-29(37)17-25(27)8-4-5-16-47-34-15-12-26(18-32(34)40)35(42)38-48(44,23-24)39-36(43)41-21-30(22-41)45-2/h6,9-10,12-13,15,17-18,24,28,30-31,33,37H,4-5,7-8,11,14,16,19-23H2,1-3H3/p+1/b9-6+/t24-,28-,31+,33-,48?/m0/s1. The molecule has 0 spiro atoms. The number of nitrogens with zero attached hydrogens (tertiary/aromatic N) is 3. The first kappa shape index (κ1) is 34.7. The number of hydrogen-bond donors (Lipinski definition) is 1. The van der Waals surface area contributed by atoms with E-state index in [1.165, 1.54) is 16.0 Å². The summed E-state index contributed by atoms with van der Waals surface area (Å²) in [6, 6.07) is 11.0. The van der Waals surface area contributed by atoms with Gasteiger partial charge in [-0.05, 0) is 85.6 Å². The molecule has 3 heterocycles. The summed E-state index contributed by atoms with van der Waals surface area (Å²) in [7, 11) is -0.116. The first-order valence-electron chi connectivity index (χ1n) is 17.0. The zero-order valence-corrected chi connectivity index (χ0v) is 29.7. The van der Waals surface area contributed by atoms with Crippen LogP contribution in [-0.4, -0.2) is 79.5 Å². The minimum absolute atomic E-state index is 0.0296. The number of halogens is 1. The van der Waals surface area contributed by atoms with Gasteiger partial charge in [0.05, 0.1) is 43.3 Å². The monoisotopic (exact) mass is 699 g/mol. The number of likely N-dealkylation sites (tertiary alicyclic amines) is 1. The predicted molar refractivity (Wildman–Crippen MR) is 184 cm³/mol. The highest BCUT2D eigenvalue weighted by atomic mass is 35.5. The summed E-state index contributed by atoms with van der Waals surface area (Å²) in [6.07, 6.45) is 9.60. The van der Waals surface area contributed by atoms with Crippen LogP contribution in [0.3, 0.4) is 0 Å². The van der Waals surface area contributed by atoms with Gasteiger partial charge in [-0.3, -0.25) is 9.52 Å². The maximum absolute atomic E-state index is 14.4. The maximum Gasteiger partial charge on any atom is 0.330 e. The van der Waals surface area contributed by atoms with E-state index in [1.54, 1.807) is 20.3 Å². The van der Waals surface area contributed by atoms with Crippen molar-refractivity contribution >= 4 is 27.5 Å².